The summed E-state index contributed by atoms with van der Waals surface area (Å²) in [6.45, 7) is 1.21. The number of nitrogens with one attached hydrogen (secondary N) is 1. The van der Waals surface area contributed by atoms with Gasteiger partial charge in [0.15, 0.2) is 0 Å². The summed E-state index contributed by atoms with van der Waals surface area (Å²) >= 11 is 0. The molecule has 0 saturated heterocycles. The lowest BCUT2D eigenvalue weighted by Crippen LogP contribution is -2.07. The van der Waals surface area contributed by atoms with E-state index in [0.29, 0.717) is 24.8 Å². The minimum absolute atomic E-state index is 0.528. The second kappa shape index (κ2) is 5.31. The molecule has 0 unspecified atom stereocenters. The quantitative estimate of drug-likeness (QED) is 0.638. The van der Waals surface area contributed by atoms with Crippen LogP contribution >= 0.6 is 0 Å². The third-order valence-electron chi connectivity index (χ3n) is 1.47. The standard InChI is InChI=1S/C8H14N4O/c1-10-7-5-11-6-8(12-7)13-4-2-3-9/h5-6H,2-4,9H2,1H3,(H,10,12). The molecule has 0 aliphatic heterocycles. The summed E-state index contributed by atoms with van der Waals surface area (Å²) < 4.78 is 5.30. The van der Waals surface area contributed by atoms with Crippen LogP contribution in [0.25, 0.3) is 0 Å². The highest BCUT2D eigenvalue weighted by Gasteiger charge is 1.96. The molecule has 72 valence electrons. The summed E-state index contributed by atoms with van der Waals surface area (Å²) in [5.74, 6) is 1.23. The van der Waals surface area contributed by atoms with Gasteiger partial charge in [-0.15, -0.1) is 0 Å². The fourth-order valence-electron chi connectivity index (χ4n) is 0.798. The minimum Gasteiger partial charge on any atom is -0.476 e. The SMILES string of the molecule is CNc1cncc(OCCCN)n1. The van der Waals surface area contributed by atoms with Crippen LogP contribution in [0.2, 0.25) is 0 Å². The van der Waals surface area contributed by atoms with Crippen molar-refractivity contribution in [3.05, 3.63) is 12.4 Å². The van der Waals surface area contributed by atoms with Crippen LogP contribution in [0.5, 0.6) is 5.88 Å². The third kappa shape index (κ3) is 3.25. The second-order valence-electron chi connectivity index (χ2n) is 2.48. The topological polar surface area (TPSA) is 73.1 Å². The maximum atomic E-state index is 5.32. The predicted octanol–water partition coefficient (Wildman–Crippen LogP) is 0.246. The highest BCUT2D eigenvalue weighted by Crippen LogP contribution is 2.07. The maximum absolute atomic E-state index is 5.32. The Morgan fingerprint density at radius 3 is 3.08 bits per heavy atom. The summed E-state index contributed by atoms with van der Waals surface area (Å²) in [6, 6.07) is 0. The molecule has 1 heterocycles. The average molecular weight is 182 g/mol. The number of aromatic nitrogens is 2. The third-order valence-corrected chi connectivity index (χ3v) is 1.47. The van der Waals surface area contributed by atoms with E-state index in [1.165, 1.54) is 0 Å². The van der Waals surface area contributed by atoms with E-state index in [1.807, 2.05) is 0 Å². The molecule has 3 N–H and O–H groups in total. The maximum Gasteiger partial charge on any atom is 0.234 e. The van der Waals surface area contributed by atoms with Crippen molar-refractivity contribution in [2.45, 2.75) is 6.42 Å². The van der Waals surface area contributed by atoms with Crippen molar-refractivity contribution in [3.63, 3.8) is 0 Å². The van der Waals surface area contributed by atoms with Gasteiger partial charge in [-0.05, 0) is 13.0 Å². The largest absolute Gasteiger partial charge is 0.476 e. The molecule has 0 bridgehead atoms. The van der Waals surface area contributed by atoms with E-state index in [2.05, 4.69) is 15.3 Å². The number of anilines is 1. The van der Waals surface area contributed by atoms with Crippen LogP contribution in [0.3, 0.4) is 0 Å². The van der Waals surface area contributed by atoms with E-state index in [9.17, 15) is 0 Å². The van der Waals surface area contributed by atoms with Crippen LogP contribution < -0.4 is 15.8 Å². The predicted molar refractivity (Wildman–Crippen MR) is 50.7 cm³/mol. The molecule has 0 amide bonds. The van der Waals surface area contributed by atoms with Crippen LogP contribution in [0, 0.1) is 0 Å². The zero-order valence-corrected chi connectivity index (χ0v) is 7.66. The van der Waals surface area contributed by atoms with Crippen molar-refractivity contribution in [2.24, 2.45) is 5.73 Å². The van der Waals surface area contributed by atoms with Gasteiger partial charge >= 0.3 is 0 Å². The van der Waals surface area contributed by atoms with Gasteiger partial charge in [-0.1, -0.05) is 0 Å². The summed E-state index contributed by atoms with van der Waals surface area (Å²) in [4.78, 5) is 8.08. The van der Waals surface area contributed by atoms with Crippen LogP contribution in [-0.4, -0.2) is 30.2 Å². The lowest BCUT2D eigenvalue weighted by Gasteiger charge is -2.04. The number of nitrogens with two attached hydrogens (primary N) is 1. The molecule has 1 rings (SSSR count). The van der Waals surface area contributed by atoms with Crippen LogP contribution in [0.1, 0.15) is 6.42 Å². The molecular weight excluding hydrogens is 168 g/mol. The Bertz CT molecular complexity index is 254. The first-order chi connectivity index (χ1) is 6.36. The monoisotopic (exact) mass is 182 g/mol. The number of ether oxygens (including phenoxy) is 1. The molecular formula is C8H14N4O. The number of hydrogen-bond acceptors (Lipinski definition) is 5. The second-order valence-corrected chi connectivity index (χ2v) is 2.48. The molecule has 0 saturated carbocycles. The van der Waals surface area contributed by atoms with E-state index in [1.54, 1.807) is 19.4 Å². The molecule has 1 aromatic rings. The van der Waals surface area contributed by atoms with Gasteiger partial charge < -0.3 is 15.8 Å². The Morgan fingerprint density at radius 1 is 1.54 bits per heavy atom. The fraction of sp³-hybridized carbons (Fsp3) is 0.500. The molecule has 0 radical (unpaired) electrons. The van der Waals surface area contributed by atoms with Gasteiger partial charge in [0.1, 0.15) is 5.82 Å². The molecule has 0 spiro atoms. The minimum atomic E-state index is 0.528. The van der Waals surface area contributed by atoms with Crippen molar-refractivity contribution < 1.29 is 4.74 Å². The van der Waals surface area contributed by atoms with Crippen molar-refractivity contribution in [1.29, 1.82) is 0 Å². The highest BCUT2D eigenvalue weighted by atomic mass is 16.5. The highest BCUT2D eigenvalue weighted by molar-refractivity contribution is 5.31. The summed E-state index contributed by atoms with van der Waals surface area (Å²) in [7, 11) is 1.79. The van der Waals surface area contributed by atoms with E-state index in [-0.39, 0.29) is 0 Å². The van der Waals surface area contributed by atoms with Crippen molar-refractivity contribution >= 4 is 5.82 Å². The number of rotatable bonds is 5. The first kappa shape index (κ1) is 9.73. The zero-order valence-electron chi connectivity index (χ0n) is 7.66. The van der Waals surface area contributed by atoms with Crippen LogP contribution in [-0.2, 0) is 0 Å². The molecule has 0 aliphatic carbocycles. The Hall–Kier alpha value is -1.36. The Labute approximate surface area is 77.3 Å². The smallest absolute Gasteiger partial charge is 0.234 e. The van der Waals surface area contributed by atoms with E-state index < -0.39 is 0 Å². The molecule has 0 aromatic carbocycles. The molecule has 1 aromatic heterocycles. The van der Waals surface area contributed by atoms with Crippen molar-refractivity contribution in [2.75, 3.05) is 25.5 Å². The van der Waals surface area contributed by atoms with Crippen molar-refractivity contribution in [3.8, 4) is 5.88 Å². The number of hydrogen-bond donors (Lipinski definition) is 2. The van der Waals surface area contributed by atoms with Gasteiger partial charge in [0.05, 0.1) is 19.0 Å². The summed E-state index contributed by atoms with van der Waals surface area (Å²) in [5, 5.41) is 2.88. The van der Waals surface area contributed by atoms with E-state index >= 15 is 0 Å². The Kier molecular flexibility index (Phi) is 3.98. The van der Waals surface area contributed by atoms with Gasteiger partial charge in [-0.2, -0.15) is 4.98 Å². The first-order valence-corrected chi connectivity index (χ1v) is 4.19. The van der Waals surface area contributed by atoms with Gasteiger partial charge in [0.25, 0.3) is 0 Å². The van der Waals surface area contributed by atoms with E-state index in [4.69, 9.17) is 10.5 Å². The summed E-state index contributed by atoms with van der Waals surface area (Å²) in [5.41, 5.74) is 5.32. The molecule has 5 heteroatoms. The molecule has 0 fully saturated rings. The summed E-state index contributed by atoms with van der Waals surface area (Å²) in [6.07, 6.45) is 4.04. The normalized spacial score (nSPS) is 9.69. The lowest BCUT2D eigenvalue weighted by molar-refractivity contribution is 0.300. The van der Waals surface area contributed by atoms with Crippen LogP contribution in [0.4, 0.5) is 5.82 Å². The number of nitrogens with zero attached hydrogens (tertiary/aromatic N) is 2. The van der Waals surface area contributed by atoms with Crippen LogP contribution in [0.15, 0.2) is 12.4 Å². The van der Waals surface area contributed by atoms with Crippen molar-refractivity contribution in [1.82, 2.24) is 9.97 Å². The average Bonchev–Trinajstić information content (AvgIpc) is 2.19. The van der Waals surface area contributed by atoms with E-state index in [0.717, 1.165) is 6.42 Å². The van der Waals surface area contributed by atoms with Gasteiger partial charge in [-0.25, -0.2) is 0 Å². The molecule has 0 aliphatic rings. The van der Waals surface area contributed by atoms with Gasteiger partial charge in [0.2, 0.25) is 5.88 Å². The zero-order chi connectivity index (χ0) is 9.52. The van der Waals surface area contributed by atoms with Gasteiger partial charge in [0, 0.05) is 7.05 Å². The Balaban J connectivity index is 2.46. The van der Waals surface area contributed by atoms with Gasteiger partial charge in [-0.3, -0.25) is 4.98 Å². The molecule has 0 atom stereocenters. The lowest BCUT2D eigenvalue weighted by atomic mass is 10.5. The first-order valence-electron chi connectivity index (χ1n) is 4.19. The molecule has 5 nitrogen and oxygen atoms in total. The fourth-order valence-corrected chi connectivity index (χ4v) is 0.798. The molecule has 13 heavy (non-hydrogen) atoms. The Morgan fingerprint density at radius 2 is 2.38 bits per heavy atom.